The second-order valence-electron chi connectivity index (χ2n) is 5.26. The van der Waals surface area contributed by atoms with Crippen LogP contribution in [0.15, 0.2) is 10.3 Å². The largest absolute Gasteiger partial charge is 0.360 e. The summed E-state index contributed by atoms with van der Waals surface area (Å²) < 4.78 is 23.2. The van der Waals surface area contributed by atoms with Crippen LogP contribution >= 0.6 is 11.3 Å². The Labute approximate surface area is 128 Å². The second kappa shape index (κ2) is 6.29. The fourth-order valence-corrected chi connectivity index (χ4v) is 4.35. The third-order valence-electron chi connectivity index (χ3n) is 3.53. The number of anilines is 1. The number of nitrogens with zero attached hydrogens (tertiary/aromatic N) is 3. The molecule has 1 aliphatic rings. The number of likely N-dealkylation sites (N-methyl/N-ethyl adjacent to an activating group) is 1. The molecule has 0 radical (unpaired) electrons. The van der Waals surface area contributed by atoms with Crippen LogP contribution < -0.4 is 4.90 Å². The molecule has 1 aromatic heterocycles. The minimum absolute atomic E-state index is 0.0391. The van der Waals surface area contributed by atoms with Crippen molar-refractivity contribution in [1.29, 1.82) is 0 Å². The highest BCUT2D eigenvalue weighted by Crippen LogP contribution is 2.39. The van der Waals surface area contributed by atoms with Crippen molar-refractivity contribution in [2.75, 3.05) is 44.4 Å². The molecule has 0 spiro atoms. The summed E-state index contributed by atoms with van der Waals surface area (Å²) in [5.41, 5.74) is -0.135. The minimum Gasteiger partial charge on any atom is -0.360 e. The predicted octanol–water partition coefficient (Wildman–Crippen LogP) is 1.59. The maximum absolute atomic E-state index is 11.6. The van der Waals surface area contributed by atoms with Crippen molar-refractivity contribution in [1.82, 2.24) is 4.90 Å². The predicted molar refractivity (Wildman–Crippen MR) is 83.0 cm³/mol. The van der Waals surface area contributed by atoms with E-state index >= 15 is 0 Å². The molecule has 21 heavy (non-hydrogen) atoms. The van der Waals surface area contributed by atoms with Gasteiger partial charge in [-0.15, -0.1) is 0 Å². The molecule has 0 saturated carbocycles. The average molecular weight is 333 g/mol. The van der Waals surface area contributed by atoms with Crippen LogP contribution in [0, 0.1) is 10.1 Å². The fraction of sp³-hybridized carbons (Fsp3) is 0.667. The van der Waals surface area contributed by atoms with Crippen LogP contribution in [0.3, 0.4) is 0 Å². The topological polar surface area (TPSA) is 83.8 Å². The van der Waals surface area contributed by atoms with Crippen molar-refractivity contribution in [3.05, 3.63) is 16.2 Å². The van der Waals surface area contributed by atoms with Gasteiger partial charge in [0.05, 0.1) is 4.92 Å². The lowest BCUT2D eigenvalue weighted by molar-refractivity contribution is -0.383. The van der Waals surface area contributed by atoms with Gasteiger partial charge in [0.15, 0.2) is 14.8 Å². The summed E-state index contributed by atoms with van der Waals surface area (Å²) >= 11 is 0.963. The molecule has 0 unspecified atom stereocenters. The van der Waals surface area contributed by atoms with Crippen LogP contribution in [-0.2, 0) is 9.84 Å². The van der Waals surface area contributed by atoms with Gasteiger partial charge >= 0.3 is 5.69 Å². The van der Waals surface area contributed by atoms with Crippen molar-refractivity contribution < 1.29 is 13.3 Å². The van der Waals surface area contributed by atoms with Gasteiger partial charge in [-0.25, -0.2) is 8.42 Å². The van der Waals surface area contributed by atoms with E-state index in [1.165, 1.54) is 12.8 Å². The van der Waals surface area contributed by atoms with E-state index < -0.39 is 14.8 Å². The maximum atomic E-state index is 11.6. The Balaban J connectivity index is 2.16. The van der Waals surface area contributed by atoms with Gasteiger partial charge in [0, 0.05) is 32.5 Å². The van der Waals surface area contributed by atoms with Gasteiger partial charge in [-0.1, -0.05) is 11.3 Å². The van der Waals surface area contributed by atoms with E-state index in [9.17, 15) is 18.5 Å². The monoisotopic (exact) mass is 333 g/mol. The number of likely N-dealkylation sites (tertiary alicyclic amines) is 1. The molecular formula is C12H19N3O4S2. The number of sulfone groups is 1. The third-order valence-corrected chi connectivity index (χ3v) is 6.57. The highest BCUT2D eigenvalue weighted by molar-refractivity contribution is 7.92. The van der Waals surface area contributed by atoms with Crippen LogP contribution in [0.5, 0.6) is 0 Å². The van der Waals surface area contributed by atoms with Crippen molar-refractivity contribution in [3.8, 4) is 0 Å². The van der Waals surface area contributed by atoms with Gasteiger partial charge in [0.2, 0.25) is 0 Å². The standard InChI is InChI=1S/C12H19N3O4S2/c1-13(7-8-14-5-3-4-6-14)12-10(15(16)17)9-11(20-12)21(2,18)19/h9H,3-8H2,1-2H3. The van der Waals surface area contributed by atoms with E-state index in [0.29, 0.717) is 11.5 Å². The molecule has 0 N–H and O–H groups in total. The van der Waals surface area contributed by atoms with Crippen LogP contribution in [-0.4, -0.2) is 57.7 Å². The summed E-state index contributed by atoms with van der Waals surface area (Å²) in [6.07, 6.45) is 3.46. The smallest absolute Gasteiger partial charge is 0.304 e. The van der Waals surface area contributed by atoms with Gasteiger partial charge in [-0.05, 0) is 25.9 Å². The van der Waals surface area contributed by atoms with Crippen molar-refractivity contribution >= 4 is 31.9 Å². The number of rotatable bonds is 6. The Bertz CT molecular complexity index is 620. The molecule has 1 aliphatic heterocycles. The van der Waals surface area contributed by atoms with Crippen LogP contribution in [0.2, 0.25) is 0 Å². The molecule has 2 rings (SSSR count). The molecule has 0 aromatic carbocycles. The van der Waals surface area contributed by atoms with Crippen molar-refractivity contribution in [2.45, 2.75) is 17.1 Å². The van der Waals surface area contributed by atoms with Crippen molar-refractivity contribution in [2.24, 2.45) is 0 Å². The molecular weight excluding hydrogens is 314 g/mol. The van der Waals surface area contributed by atoms with E-state index in [1.54, 1.807) is 11.9 Å². The Morgan fingerprint density at radius 2 is 2.05 bits per heavy atom. The molecule has 1 fully saturated rings. The Hall–Kier alpha value is -1.19. The molecule has 1 aromatic rings. The normalized spacial score (nSPS) is 16.3. The van der Waals surface area contributed by atoms with E-state index in [2.05, 4.69) is 4.90 Å². The highest BCUT2D eigenvalue weighted by Gasteiger charge is 2.26. The van der Waals surface area contributed by atoms with Gasteiger partial charge < -0.3 is 9.80 Å². The van der Waals surface area contributed by atoms with Gasteiger partial charge in [-0.2, -0.15) is 0 Å². The van der Waals surface area contributed by atoms with Gasteiger partial charge in [0.1, 0.15) is 4.21 Å². The SMILES string of the molecule is CN(CCN1CCCC1)c1sc(S(C)(=O)=O)cc1[N+](=O)[O-]. The number of thiophene rings is 1. The molecule has 0 bridgehead atoms. The summed E-state index contributed by atoms with van der Waals surface area (Å²) in [4.78, 5) is 14.7. The lowest BCUT2D eigenvalue weighted by Crippen LogP contribution is -2.31. The highest BCUT2D eigenvalue weighted by atomic mass is 32.2. The zero-order valence-electron chi connectivity index (χ0n) is 12.1. The first-order valence-corrected chi connectivity index (χ1v) is 9.41. The Morgan fingerprint density at radius 3 is 2.57 bits per heavy atom. The lowest BCUT2D eigenvalue weighted by Gasteiger charge is -2.21. The number of nitro groups is 1. The van der Waals surface area contributed by atoms with Crippen molar-refractivity contribution in [3.63, 3.8) is 0 Å². The second-order valence-corrected chi connectivity index (χ2v) is 8.53. The zero-order chi connectivity index (χ0) is 15.6. The van der Waals surface area contributed by atoms with Crippen LogP contribution in [0.25, 0.3) is 0 Å². The fourth-order valence-electron chi connectivity index (χ4n) is 2.34. The first-order chi connectivity index (χ1) is 9.79. The van der Waals surface area contributed by atoms with E-state index in [0.717, 1.165) is 43.3 Å². The van der Waals surface area contributed by atoms with E-state index in [4.69, 9.17) is 0 Å². The summed E-state index contributed by atoms with van der Waals surface area (Å²) in [5, 5.41) is 11.5. The number of hydrogen-bond donors (Lipinski definition) is 0. The minimum atomic E-state index is -3.43. The zero-order valence-corrected chi connectivity index (χ0v) is 13.7. The molecule has 0 amide bonds. The lowest BCUT2D eigenvalue weighted by atomic mass is 10.4. The molecule has 9 heteroatoms. The van der Waals surface area contributed by atoms with E-state index in [1.807, 2.05) is 0 Å². The maximum Gasteiger partial charge on any atom is 0.304 e. The van der Waals surface area contributed by atoms with E-state index in [-0.39, 0.29) is 9.90 Å². The summed E-state index contributed by atoms with van der Waals surface area (Å²) in [7, 11) is -1.66. The summed E-state index contributed by atoms with van der Waals surface area (Å²) in [6, 6.07) is 1.15. The quantitative estimate of drug-likeness (QED) is 0.581. The molecule has 2 heterocycles. The Morgan fingerprint density at radius 1 is 1.43 bits per heavy atom. The third kappa shape index (κ3) is 3.92. The molecule has 118 valence electrons. The first-order valence-electron chi connectivity index (χ1n) is 6.71. The van der Waals surface area contributed by atoms with Crippen LogP contribution in [0.1, 0.15) is 12.8 Å². The summed E-state index contributed by atoms with van der Waals surface area (Å²) in [6.45, 7) is 3.61. The van der Waals surface area contributed by atoms with Gasteiger partial charge in [-0.3, -0.25) is 10.1 Å². The number of hydrogen-bond acceptors (Lipinski definition) is 7. The summed E-state index contributed by atoms with van der Waals surface area (Å²) in [5.74, 6) is 0. The Kier molecular flexibility index (Phi) is 4.84. The molecule has 7 nitrogen and oxygen atoms in total. The molecule has 0 atom stereocenters. The molecule has 1 saturated heterocycles. The first kappa shape index (κ1) is 16.2. The molecule has 0 aliphatic carbocycles. The van der Waals surface area contributed by atoms with Crippen LogP contribution in [0.4, 0.5) is 10.7 Å². The van der Waals surface area contributed by atoms with Gasteiger partial charge in [0.25, 0.3) is 0 Å². The average Bonchev–Trinajstić information content (AvgIpc) is 3.04.